The maximum absolute atomic E-state index is 13.1. The number of carbonyl (C=O) groups is 2. The zero-order valence-corrected chi connectivity index (χ0v) is 21.2. The van der Waals surface area contributed by atoms with Crippen molar-refractivity contribution in [3.63, 3.8) is 0 Å². The van der Waals surface area contributed by atoms with Crippen LogP contribution in [-0.2, 0) is 14.3 Å². The van der Waals surface area contributed by atoms with Gasteiger partial charge in [-0.3, -0.25) is 9.20 Å². The van der Waals surface area contributed by atoms with E-state index in [1.54, 1.807) is 6.08 Å². The number of anilines is 1. The van der Waals surface area contributed by atoms with E-state index in [0.717, 1.165) is 28.6 Å². The zero-order valence-electron chi connectivity index (χ0n) is 19.6. The van der Waals surface area contributed by atoms with Crippen molar-refractivity contribution in [2.45, 2.75) is 32.3 Å². The van der Waals surface area contributed by atoms with Crippen LogP contribution in [0.4, 0.5) is 5.82 Å². The number of pyridine rings is 1. The molecule has 0 amide bonds. The Morgan fingerprint density at radius 3 is 2.65 bits per heavy atom. The van der Waals surface area contributed by atoms with Crippen molar-refractivity contribution < 1.29 is 19.1 Å². The highest BCUT2D eigenvalue weighted by atomic mass is 79.9. The van der Waals surface area contributed by atoms with Crippen molar-refractivity contribution in [3.8, 4) is 11.3 Å². The summed E-state index contributed by atoms with van der Waals surface area (Å²) in [6.45, 7) is 9.49. The Hall–Kier alpha value is -2.97. The summed E-state index contributed by atoms with van der Waals surface area (Å²) in [7, 11) is 1.22. The summed E-state index contributed by atoms with van der Waals surface area (Å²) in [4.78, 5) is 32.4. The predicted molar refractivity (Wildman–Crippen MR) is 135 cm³/mol. The fourth-order valence-electron chi connectivity index (χ4n) is 4.40. The fraction of sp³-hybridized carbons (Fsp3) is 0.346. The lowest BCUT2D eigenvalue weighted by molar-refractivity contribution is -0.135. The molecule has 3 heterocycles. The van der Waals surface area contributed by atoms with Gasteiger partial charge in [0.1, 0.15) is 11.5 Å². The number of methoxy groups -OCH3 is 1. The lowest BCUT2D eigenvalue weighted by Crippen LogP contribution is -2.45. The van der Waals surface area contributed by atoms with Crippen LogP contribution in [0.2, 0.25) is 0 Å². The number of aromatic nitrogens is 2. The van der Waals surface area contributed by atoms with Crippen LogP contribution in [0.5, 0.6) is 0 Å². The van der Waals surface area contributed by atoms with Gasteiger partial charge in [0.05, 0.1) is 30.6 Å². The molecule has 0 bridgehead atoms. The average Bonchev–Trinajstić information content (AvgIpc) is 3.25. The number of hydrogen-bond donors (Lipinski definition) is 0. The molecule has 1 aliphatic rings. The molecule has 7 nitrogen and oxygen atoms in total. The summed E-state index contributed by atoms with van der Waals surface area (Å²) in [6, 6.07) is 9.74. The second-order valence-corrected chi connectivity index (χ2v) is 9.66. The Morgan fingerprint density at radius 1 is 1.26 bits per heavy atom. The van der Waals surface area contributed by atoms with Crippen molar-refractivity contribution in [3.05, 3.63) is 64.8 Å². The predicted octanol–water partition coefficient (Wildman–Crippen LogP) is 4.99. The van der Waals surface area contributed by atoms with Gasteiger partial charge >= 0.3 is 5.97 Å². The molecule has 3 aromatic rings. The molecule has 1 aliphatic heterocycles. The smallest absolute Gasteiger partial charge is 0.379 e. The summed E-state index contributed by atoms with van der Waals surface area (Å²) in [5, 5.41) is 0. The first-order valence-electron chi connectivity index (χ1n) is 11.2. The van der Waals surface area contributed by atoms with Crippen LogP contribution in [0, 0.1) is 6.92 Å². The van der Waals surface area contributed by atoms with E-state index < -0.39 is 11.8 Å². The van der Waals surface area contributed by atoms with Gasteiger partial charge in [-0.1, -0.05) is 34.1 Å². The van der Waals surface area contributed by atoms with Crippen molar-refractivity contribution in [2.75, 3.05) is 31.7 Å². The first-order valence-corrected chi connectivity index (χ1v) is 12.0. The molecular weight excluding hydrogens is 498 g/mol. The number of ketones is 1. The summed E-state index contributed by atoms with van der Waals surface area (Å²) in [5.74, 6) is -0.886. The standard InChI is InChI=1S/C26H28BrN3O4/c1-5-13-34-26(3)9-11-29(12-10-26)24-22(23(31)25(32)33-4)17(2)14-21-28-20(16-30(21)24)18-7-6-8-19(27)15-18/h5-8,14-16H,1,9-13H2,2-4H3. The summed E-state index contributed by atoms with van der Waals surface area (Å²) < 4.78 is 13.6. The maximum atomic E-state index is 13.1. The molecule has 34 heavy (non-hydrogen) atoms. The minimum atomic E-state index is -0.882. The van der Waals surface area contributed by atoms with Crippen LogP contribution < -0.4 is 4.90 Å². The number of rotatable bonds is 7. The molecule has 1 fully saturated rings. The van der Waals surface area contributed by atoms with E-state index in [1.165, 1.54) is 7.11 Å². The Labute approximate surface area is 207 Å². The minimum absolute atomic E-state index is 0.267. The maximum Gasteiger partial charge on any atom is 0.379 e. The number of carbonyl (C=O) groups excluding carboxylic acids is 2. The van der Waals surface area contributed by atoms with Crippen LogP contribution in [-0.4, -0.2) is 53.5 Å². The Balaban J connectivity index is 1.83. The summed E-state index contributed by atoms with van der Waals surface area (Å²) >= 11 is 3.52. The largest absolute Gasteiger partial charge is 0.463 e. The van der Waals surface area contributed by atoms with Gasteiger partial charge in [0, 0.05) is 29.3 Å². The zero-order chi connectivity index (χ0) is 24.5. The SMILES string of the molecule is C=CCOC1(C)CCN(c2c(C(=O)C(=O)OC)c(C)cc3nc(-c4cccc(Br)c4)cn23)CC1. The molecular formula is C26H28BrN3O4. The number of imidazole rings is 1. The first-order chi connectivity index (χ1) is 16.3. The topological polar surface area (TPSA) is 73.1 Å². The van der Waals surface area contributed by atoms with E-state index in [1.807, 2.05) is 47.9 Å². The lowest BCUT2D eigenvalue weighted by atomic mass is 9.92. The van der Waals surface area contributed by atoms with E-state index >= 15 is 0 Å². The van der Waals surface area contributed by atoms with E-state index in [4.69, 9.17) is 14.5 Å². The third kappa shape index (κ3) is 4.65. The molecule has 0 N–H and O–H groups in total. The van der Waals surface area contributed by atoms with Gasteiger partial charge in [-0.2, -0.15) is 0 Å². The highest BCUT2D eigenvalue weighted by Crippen LogP contribution is 2.34. The van der Waals surface area contributed by atoms with Crippen LogP contribution in [0.3, 0.4) is 0 Å². The summed E-state index contributed by atoms with van der Waals surface area (Å²) in [6.07, 6.45) is 5.22. The summed E-state index contributed by atoms with van der Waals surface area (Å²) in [5.41, 5.74) is 3.19. The number of halogens is 1. The number of benzene rings is 1. The van der Waals surface area contributed by atoms with Gasteiger partial charge in [0.15, 0.2) is 0 Å². The molecule has 1 aromatic carbocycles. The number of ether oxygens (including phenoxy) is 2. The van der Waals surface area contributed by atoms with Gasteiger partial charge in [-0.25, -0.2) is 9.78 Å². The van der Waals surface area contributed by atoms with Crippen molar-refractivity contribution >= 4 is 39.1 Å². The molecule has 4 rings (SSSR count). The Kier molecular flexibility index (Phi) is 6.91. The molecule has 0 spiro atoms. The number of piperidine rings is 1. The number of nitrogens with zero attached hydrogens (tertiary/aromatic N) is 3. The van der Waals surface area contributed by atoms with Crippen molar-refractivity contribution in [1.82, 2.24) is 9.38 Å². The van der Waals surface area contributed by atoms with Gasteiger partial charge in [-0.05, 0) is 50.5 Å². The van der Waals surface area contributed by atoms with Gasteiger partial charge in [-0.15, -0.1) is 6.58 Å². The van der Waals surface area contributed by atoms with Crippen molar-refractivity contribution in [1.29, 1.82) is 0 Å². The molecule has 0 radical (unpaired) electrons. The number of hydrogen-bond acceptors (Lipinski definition) is 6. The van der Waals surface area contributed by atoms with Crippen LogP contribution in [0.25, 0.3) is 16.9 Å². The highest BCUT2D eigenvalue weighted by Gasteiger charge is 2.35. The average molecular weight is 526 g/mol. The number of Topliss-reactive ketones (excluding diaryl/α,β-unsaturated/α-hetero) is 1. The number of aryl methyl sites for hydroxylation is 1. The van der Waals surface area contributed by atoms with Gasteiger partial charge in [0.2, 0.25) is 0 Å². The molecule has 2 aromatic heterocycles. The molecule has 178 valence electrons. The molecule has 0 atom stereocenters. The van der Waals surface area contributed by atoms with E-state index in [9.17, 15) is 9.59 Å². The van der Waals surface area contributed by atoms with E-state index in [0.29, 0.717) is 42.3 Å². The lowest BCUT2D eigenvalue weighted by Gasteiger charge is -2.40. The molecule has 1 saturated heterocycles. The third-order valence-electron chi connectivity index (χ3n) is 6.31. The third-order valence-corrected chi connectivity index (χ3v) is 6.81. The fourth-order valence-corrected chi connectivity index (χ4v) is 4.80. The molecule has 8 heteroatoms. The second-order valence-electron chi connectivity index (χ2n) is 8.75. The van der Waals surface area contributed by atoms with Crippen molar-refractivity contribution in [2.24, 2.45) is 0 Å². The second kappa shape index (κ2) is 9.72. The van der Waals surface area contributed by atoms with Crippen LogP contribution in [0.1, 0.15) is 35.7 Å². The number of fused-ring (bicyclic) bond motifs is 1. The Bertz CT molecular complexity index is 1260. The van der Waals surface area contributed by atoms with Gasteiger partial charge < -0.3 is 14.4 Å². The highest BCUT2D eigenvalue weighted by molar-refractivity contribution is 9.10. The van der Waals surface area contributed by atoms with E-state index in [2.05, 4.69) is 34.3 Å². The monoisotopic (exact) mass is 525 g/mol. The molecule has 0 saturated carbocycles. The van der Waals surface area contributed by atoms with Gasteiger partial charge in [0.25, 0.3) is 5.78 Å². The van der Waals surface area contributed by atoms with Crippen LogP contribution in [0.15, 0.2) is 53.7 Å². The van der Waals surface area contributed by atoms with Crippen LogP contribution >= 0.6 is 15.9 Å². The number of esters is 1. The Morgan fingerprint density at radius 2 is 2.00 bits per heavy atom. The normalized spacial score (nSPS) is 15.4. The quantitative estimate of drug-likeness (QED) is 0.187. The molecule has 0 unspecified atom stereocenters. The molecule has 0 aliphatic carbocycles. The van der Waals surface area contributed by atoms with E-state index in [-0.39, 0.29) is 5.60 Å². The minimum Gasteiger partial charge on any atom is -0.463 e. The first kappa shape index (κ1) is 24.2.